The van der Waals surface area contributed by atoms with Gasteiger partial charge in [0.25, 0.3) is 0 Å². The van der Waals surface area contributed by atoms with Crippen LogP contribution in [0.15, 0.2) is 12.4 Å². The second-order valence-electron chi connectivity index (χ2n) is 8.04. The lowest BCUT2D eigenvalue weighted by Gasteiger charge is -2.59. The number of aryl methyl sites for hydroxylation is 1. The van der Waals surface area contributed by atoms with Gasteiger partial charge in [0.15, 0.2) is 0 Å². The lowest BCUT2D eigenvalue weighted by atomic mass is 9.47. The molecule has 1 heterocycles. The van der Waals surface area contributed by atoms with Crippen molar-refractivity contribution >= 4 is 0 Å². The zero-order valence-electron chi connectivity index (χ0n) is 13.5. The molecule has 5 rings (SSSR count). The minimum absolute atomic E-state index is 0.511. The molecule has 4 saturated carbocycles. The molecule has 0 aliphatic heterocycles. The number of nitrogens with zero attached hydrogens (tertiary/aromatic N) is 2. The van der Waals surface area contributed by atoms with Gasteiger partial charge in [-0.2, -0.15) is 5.10 Å². The van der Waals surface area contributed by atoms with E-state index in [1.54, 1.807) is 0 Å². The molecule has 1 aromatic rings. The maximum Gasteiger partial charge on any atom is 0.0537 e. The Morgan fingerprint density at radius 2 is 1.86 bits per heavy atom. The topological polar surface area (TPSA) is 29.9 Å². The molecule has 4 bridgehead atoms. The maximum atomic E-state index is 4.58. The van der Waals surface area contributed by atoms with Crippen molar-refractivity contribution < 1.29 is 0 Å². The van der Waals surface area contributed by atoms with E-state index in [2.05, 4.69) is 41.5 Å². The number of rotatable bonds is 5. The van der Waals surface area contributed by atoms with Crippen LogP contribution in [0.1, 0.15) is 63.5 Å². The van der Waals surface area contributed by atoms with E-state index in [1.165, 1.54) is 44.1 Å². The van der Waals surface area contributed by atoms with Gasteiger partial charge in [-0.3, -0.25) is 4.68 Å². The summed E-state index contributed by atoms with van der Waals surface area (Å²) in [6.07, 6.45) is 14.5. The Balaban J connectivity index is 1.62. The Hall–Kier alpha value is -0.830. The van der Waals surface area contributed by atoms with Gasteiger partial charge < -0.3 is 5.32 Å². The maximum absolute atomic E-state index is 4.58. The molecular weight excluding hydrogens is 258 g/mol. The molecule has 4 fully saturated rings. The van der Waals surface area contributed by atoms with Crippen LogP contribution >= 0.6 is 0 Å². The van der Waals surface area contributed by atoms with Crippen molar-refractivity contribution in [3.05, 3.63) is 18.0 Å². The summed E-state index contributed by atoms with van der Waals surface area (Å²) in [5.74, 6) is 3.04. The van der Waals surface area contributed by atoms with Crippen molar-refractivity contribution in [2.75, 3.05) is 7.05 Å². The molecule has 4 aliphatic carbocycles. The average Bonchev–Trinajstić information content (AvgIpc) is 2.86. The molecule has 1 atom stereocenters. The quantitative estimate of drug-likeness (QED) is 0.893. The molecule has 4 aliphatic rings. The van der Waals surface area contributed by atoms with Gasteiger partial charge in [-0.15, -0.1) is 0 Å². The van der Waals surface area contributed by atoms with Crippen molar-refractivity contribution in [1.82, 2.24) is 15.1 Å². The van der Waals surface area contributed by atoms with Crippen LogP contribution in [0.4, 0.5) is 0 Å². The van der Waals surface area contributed by atoms with Crippen molar-refractivity contribution in [2.45, 2.75) is 64.5 Å². The summed E-state index contributed by atoms with van der Waals surface area (Å²) in [4.78, 5) is 0. The number of hydrogen-bond acceptors (Lipinski definition) is 2. The third kappa shape index (κ3) is 2.25. The number of aromatic nitrogens is 2. The van der Waals surface area contributed by atoms with E-state index in [1.807, 2.05) is 0 Å². The fraction of sp³-hybridized carbons (Fsp3) is 0.833. The molecule has 0 radical (unpaired) electrons. The lowest BCUT2D eigenvalue weighted by molar-refractivity contribution is -0.0736. The van der Waals surface area contributed by atoms with Crippen LogP contribution in [0, 0.1) is 23.2 Å². The Kier molecular flexibility index (Phi) is 3.36. The lowest BCUT2D eigenvalue weighted by Crippen LogP contribution is -2.51. The van der Waals surface area contributed by atoms with Gasteiger partial charge >= 0.3 is 0 Å². The predicted molar refractivity (Wildman–Crippen MR) is 84.9 cm³/mol. The molecule has 1 unspecified atom stereocenters. The van der Waals surface area contributed by atoms with Crippen molar-refractivity contribution in [3.63, 3.8) is 0 Å². The molecule has 1 N–H and O–H groups in total. The van der Waals surface area contributed by atoms with E-state index in [0.717, 1.165) is 30.7 Å². The van der Waals surface area contributed by atoms with Gasteiger partial charge in [-0.25, -0.2) is 0 Å². The first-order valence-electron chi connectivity index (χ1n) is 8.92. The van der Waals surface area contributed by atoms with E-state index in [0.29, 0.717) is 11.5 Å². The van der Waals surface area contributed by atoms with Crippen LogP contribution in [-0.4, -0.2) is 16.8 Å². The first kappa shape index (κ1) is 13.8. The summed E-state index contributed by atoms with van der Waals surface area (Å²) >= 11 is 0. The molecule has 0 aromatic carbocycles. The normalized spacial score (nSPS) is 38.9. The van der Waals surface area contributed by atoms with Crippen molar-refractivity contribution in [2.24, 2.45) is 23.2 Å². The Labute approximate surface area is 128 Å². The van der Waals surface area contributed by atoms with Crippen LogP contribution in [0.3, 0.4) is 0 Å². The summed E-state index contributed by atoms with van der Waals surface area (Å²) in [7, 11) is 2.15. The zero-order chi connectivity index (χ0) is 14.4. The van der Waals surface area contributed by atoms with Crippen molar-refractivity contribution in [3.8, 4) is 0 Å². The van der Waals surface area contributed by atoms with Gasteiger partial charge in [0.05, 0.1) is 6.20 Å². The van der Waals surface area contributed by atoms with E-state index < -0.39 is 0 Å². The molecule has 0 amide bonds. The van der Waals surface area contributed by atoms with Crippen LogP contribution in [-0.2, 0) is 6.54 Å². The highest BCUT2D eigenvalue weighted by Gasteiger charge is 2.54. The second-order valence-corrected chi connectivity index (χ2v) is 8.04. The Morgan fingerprint density at radius 1 is 1.24 bits per heavy atom. The molecule has 116 valence electrons. The molecule has 0 spiro atoms. The third-order valence-corrected chi connectivity index (χ3v) is 6.43. The van der Waals surface area contributed by atoms with E-state index in [-0.39, 0.29) is 0 Å². The van der Waals surface area contributed by atoms with Crippen LogP contribution in [0.25, 0.3) is 0 Å². The van der Waals surface area contributed by atoms with Crippen LogP contribution < -0.4 is 5.32 Å². The summed E-state index contributed by atoms with van der Waals surface area (Å²) in [6.45, 7) is 3.26. The zero-order valence-corrected chi connectivity index (χ0v) is 13.5. The minimum Gasteiger partial charge on any atom is -0.312 e. The van der Waals surface area contributed by atoms with Crippen molar-refractivity contribution in [1.29, 1.82) is 0 Å². The fourth-order valence-electron chi connectivity index (χ4n) is 6.24. The van der Waals surface area contributed by atoms with E-state index in [4.69, 9.17) is 0 Å². The Bertz CT molecular complexity index is 469. The smallest absolute Gasteiger partial charge is 0.0537 e. The monoisotopic (exact) mass is 287 g/mol. The molecule has 3 heteroatoms. The van der Waals surface area contributed by atoms with Gasteiger partial charge in [-0.1, -0.05) is 6.92 Å². The number of hydrogen-bond donors (Lipinski definition) is 1. The fourth-order valence-corrected chi connectivity index (χ4v) is 6.24. The van der Waals surface area contributed by atoms with Gasteiger partial charge in [0.2, 0.25) is 0 Å². The molecule has 3 nitrogen and oxygen atoms in total. The largest absolute Gasteiger partial charge is 0.312 e. The van der Waals surface area contributed by atoms with E-state index >= 15 is 0 Å². The average molecular weight is 287 g/mol. The highest BCUT2D eigenvalue weighted by molar-refractivity contribution is 5.18. The summed E-state index contributed by atoms with van der Waals surface area (Å²) in [6, 6.07) is 0.511. The predicted octanol–water partition coefficient (Wildman–Crippen LogP) is 3.77. The van der Waals surface area contributed by atoms with Gasteiger partial charge in [0, 0.05) is 24.3 Å². The molecule has 1 aromatic heterocycles. The van der Waals surface area contributed by atoms with Gasteiger partial charge in [0.1, 0.15) is 0 Å². The standard InChI is InChI=1S/C18H29N3/c1-3-4-21-12-16(11-20-21)17(19-2)18-8-13-5-14(9-18)7-15(6-13)10-18/h11-15,17,19H,3-10H2,1-2H3. The highest BCUT2D eigenvalue weighted by Crippen LogP contribution is 2.63. The highest BCUT2D eigenvalue weighted by atomic mass is 15.3. The van der Waals surface area contributed by atoms with Crippen LogP contribution in [0.5, 0.6) is 0 Å². The SMILES string of the molecule is CCCn1cc(C(NC)C23CC4CC(CC(C4)C2)C3)cn1. The van der Waals surface area contributed by atoms with E-state index in [9.17, 15) is 0 Å². The summed E-state index contributed by atoms with van der Waals surface area (Å²) in [5.41, 5.74) is 1.94. The number of nitrogens with one attached hydrogen (secondary N) is 1. The van der Waals surface area contributed by atoms with Gasteiger partial charge in [-0.05, 0) is 75.2 Å². The molecular formula is C18H29N3. The summed E-state index contributed by atoms with van der Waals surface area (Å²) < 4.78 is 2.13. The molecule has 0 saturated heterocycles. The van der Waals surface area contributed by atoms with Crippen LogP contribution in [0.2, 0.25) is 0 Å². The Morgan fingerprint density at radius 3 is 2.38 bits per heavy atom. The third-order valence-electron chi connectivity index (χ3n) is 6.43. The summed E-state index contributed by atoms with van der Waals surface area (Å²) in [5, 5.41) is 8.26. The molecule has 21 heavy (non-hydrogen) atoms. The first-order valence-corrected chi connectivity index (χ1v) is 8.92. The second kappa shape index (κ2) is 5.12. The first-order chi connectivity index (χ1) is 10.2. The minimum atomic E-state index is 0.511.